The quantitative estimate of drug-likeness (QED) is 0.837. The van der Waals surface area contributed by atoms with Crippen LogP contribution in [0.15, 0.2) is 18.2 Å². The van der Waals surface area contributed by atoms with E-state index < -0.39 is 0 Å². The molecule has 1 saturated carbocycles. The Bertz CT molecular complexity index is 693. The fourth-order valence-electron chi connectivity index (χ4n) is 3.11. The molecule has 5 heteroatoms. The lowest BCUT2D eigenvalue weighted by molar-refractivity contribution is 0.429. The second kappa shape index (κ2) is 5.87. The average Bonchev–Trinajstić information content (AvgIpc) is 2.94. The summed E-state index contributed by atoms with van der Waals surface area (Å²) in [6, 6.07) is 7.93. The van der Waals surface area contributed by atoms with Crippen LogP contribution in [0.1, 0.15) is 55.0 Å². The maximum absolute atomic E-state index is 9.34. The minimum atomic E-state index is 0.363. The van der Waals surface area contributed by atoms with E-state index in [1.165, 1.54) is 19.3 Å². The molecule has 1 aromatic carbocycles. The third kappa shape index (κ3) is 2.54. The molecule has 21 heavy (non-hydrogen) atoms. The minimum absolute atomic E-state index is 0.363. The van der Waals surface area contributed by atoms with Crippen molar-refractivity contribution in [1.29, 1.82) is 5.26 Å². The molecule has 1 aliphatic rings. The van der Waals surface area contributed by atoms with Crippen LogP contribution < -0.4 is 0 Å². The molecule has 0 saturated heterocycles. The molecule has 108 valence electrons. The van der Waals surface area contributed by atoms with Gasteiger partial charge in [-0.2, -0.15) is 5.26 Å². The number of aromatic nitrogens is 3. The Labute approximate surface area is 129 Å². The van der Waals surface area contributed by atoms with Gasteiger partial charge in [0.1, 0.15) is 6.07 Å². The zero-order valence-electron chi connectivity index (χ0n) is 12.0. The summed E-state index contributed by atoms with van der Waals surface area (Å²) >= 11 is 6.22. The highest BCUT2D eigenvalue weighted by molar-refractivity contribution is 6.31. The summed E-state index contributed by atoms with van der Waals surface area (Å²) in [6.45, 7) is 1.97. The van der Waals surface area contributed by atoms with Crippen molar-refractivity contribution < 1.29 is 0 Å². The molecule has 1 aliphatic carbocycles. The molecule has 0 spiro atoms. The van der Waals surface area contributed by atoms with Gasteiger partial charge in [-0.25, -0.2) is 4.68 Å². The minimum Gasteiger partial charge on any atom is -0.216 e. The first kappa shape index (κ1) is 14.1. The molecule has 3 rings (SSSR count). The maximum atomic E-state index is 9.34. The highest BCUT2D eigenvalue weighted by Crippen LogP contribution is 2.35. The van der Waals surface area contributed by atoms with Gasteiger partial charge in [-0.15, -0.1) is 5.10 Å². The van der Waals surface area contributed by atoms with Gasteiger partial charge in [0.15, 0.2) is 5.69 Å². The number of benzene rings is 1. The second-order valence-electron chi connectivity index (χ2n) is 5.57. The molecule has 0 N–H and O–H groups in total. The van der Waals surface area contributed by atoms with Crippen molar-refractivity contribution in [2.24, 2.45) is 0 Å². The van der Waals surface area contributed by atoms with Crippen LogP contribution in [0.4, 0.5) is 0 Å². The van der Waals surface area contributed by atoms with E-state index in [4.69, 9.17) is 11.6 Å². The molecule has 0 amide bonds. The molecule has 1 aromatic heterocycles. The molecule has 2 aromatic rings. The van der Waals surface area contributed by atoms with E-state index in [0.717, 1.165) is 29.8 Å². The van der Waals surface area contributed by atoms with E-state index in [-0.39, 0.29) is 0 Å². The molecular weight excluding hydrogens is 284 g/mol. The Morgan fingerprint density at radius 3 is 2.76 bits per heavy atom. The number of halogens is 1. The Morgan fingerprint density at radius 2 is 2.05 bits per heavy atom. The Kier molecular flexibility index (Phi) is 3.94. The Morgan fingerprint density at radius 1 is 1.29 bits per heavy atom. The maximum Gasteiger partial charge on any atom is 0.186 e. The van der Waals surface area contributed by atoms with Crippen molar-refractivity contribution in [3.63, 3.8) is 0 Å². The highest BCUT2D eigenvalue weighted by Gasteiger charge is 2.25. The van der Waals surface area contributed by atoms with E-state index >= 15 is 0 Å². The summed E-state index contributed by atoms with van der Waals surface area (Å²) in [7, 11) is 0. The van der Waals surface area contributed by atoms with E-state index in [9.17, 15) is 5.26 Å². The Hall–Kier alpha value is -1.86. The van der Waals surface area contributed by atoms with Crippen molar-refractivity contribution in [2.45, 2.75) is 44.9 Å². The third-order valence-corrected chi connectivity index (χ3v) is 4.68. The van der Waals surface area contributed by atoms with Gasteiger partial charge in [0, 0.05) is 10.9 Å². The van der Waals surface area contributed by atoms with E-state index in [2.05, 4.69) is 16.4 Å². The summed E-state index contributed by atoms with van der Waals surface area (Å²) in [4.78, 5) is 0. The molecule has 1 fully saturated rings. The second-order valence-corrected chi connectivity index (χ2v) is 5.97. The molecule has 0 radical (unpaired) electrons. The van der Waals surface area contributed by atoms with Crippen molar-refractivity contribution in [1.82, 2.24) is 15.0 Å². The van der Waals surface area contributed by atoms with Gasteiger partial charge in [0.2, 0.25) is 0 Å². The van der Waals surface area contributed by atoms with Gasteiger partial charge < -0.3 is 0 Å². The van der Waals surface area contributed by atoms with E-state index in [1.54, 1.807) is 0 Å². The first-order valence-corrected chi connectivity index (χ1v) is 7.71. The predicted octanol–water partition coefficient (Wildman–Crippen LogP) is 4.15. The molecule has 4 nitrogen and oxygen atoms in total. The normalized spacial score (nSPS) is 15.9. The largest absolute Gasteiger partial charge is 0.216 e. The van der Waals surface area contributed by atoms with Gasteiger partial charge in [-0.05, 0) is 37.5 Å². The average molecular weight is 301 g/mol. The lowest BCUT2D eigenvalue weighted by Crippen LogP contribution is -2.13. The first-order valence-electron chi connectivity index (χ1n) is 7.33. The Balaban J connectivity index is 2.13. The van der Waals surface area contributed by atoms with Gasteiger partial charge >= 0.3 is 0 Å². The van der Waals surface area contributed by atoms with Crippen LogP contribution in [0, 0.1) is 18.3 Å². The lowest BCUT2D eigenvalue weighted by atomic mass is 9.86. The van der Waals surface area contributed by atoms with Crippen molar-refractivity contribution in [3.8, 4) is 11.8 Å². The summed E-state index contributed by atoms with van der Waals surface area (Å²) in [6.07, 6.45) is 5.88. The number of nitrogens with zero attached hydrogens (tertiary/aromatic N) is 4. The molecule has 0 bridgehead atoms. The van der Waals surface area contributed by atoms with Crippen molar-refractivity contribution in [3.05, 3.63) is 40.2 Å². The van der Waals surface area contributed by atoms with Crippen LogP contribution in [0.2, 0.25) is 5.02 Å². The van der Waals surface area contributed by atoms with Crippen molar-refractivity contribution in [2.75, 3.05) is 0 Å². The standard InChI is InChI=1S/C16H17ClN4/c1-11-13(17)8-5-9-15(11)21-16(14(10-18)19-20-21)12-6-3-2-4-7-12/h5,8-9,12H,2-4,6-7H2,1H3. The van der Waals surface area contributed by atoms with Gasteiger partial charge in [0.05, 0.1) is 11.4 Å². The monoisotopic (exact) mass is 300 g/mol. The lowest BCUT2D eigenvalue weighted by Gasteiger charge is -2.22. The van der Waals surface area contributed by atoms with Crippen LogP contribution in [0.5, 0.6) is 0 Å². The fraction of sp³-hybridized carbons (Fsp3) is 0.438. The van der Waals surface area contributed by atoms with Gasteiger partial charge in [-0.1, -0.05) is 42.1 Å². The van der Waals surface area contributed by atoms with Crippen LogP contribution in [-0.2, 0) is 0 Å². The number of hydrogen-bond donors (Lipinski definition) is 0. The topological polar surface area (TPSA) is 54.5 Å². The van der Waals surface area contributed by atoms with E-state index in [0.29, 0.717) is 16.6 Å². The molecular formula is C16H17ClN4. The number of rotatable bonds is 2. The van der Waals surface area contributed by atoms with Crippen LogP contribution in [0.25, 0.3) is 5.69 Å². The summed E-state index contributed by atoms with van der Waals surface area (Å²) in [5, 5.41) is 18.3. The summed E-state index contributed by atoms with van der Waals surface area (Å²) in [5.41, 5.74) is 3.27. The van der Waals surface area contributed by atoms with Crippen LogP contribution >= 0.6 is 11.6 Å². The fourth-order valence-corrected chi connectivity index (χ4v) is 3.28. The first-order chi connectivity index (χ1) is 10.2. The van der Waals surface area contributed by atoms with Crippen LogP contribution in [0.3, 0.4) is 0 Å². The smallest absolute Gasteiger partial charge is 0.186 e. The number of nitriles is 1. The van der Waals surface area contributed by atoms with Crippen molar-refractivity contribution >= 4 is 11.6 Å². The summed E-state index contributed by atoms with van der Waals surface area (Å²) < 4.78 is 1.82. The van der Waals surface area contributed by atoms with Gasteiger partial charge in [0.25, 0.3) is 0 Å². The molecule has 0 aliphatic heterocycles. The SMILES string of the molecule is Cc1c(Cl)cccc1-n1nnc(C#N)c1C1CCCCC1. The molecule has 1 heterocycles. The summed E-state index contributed by atoms with van der Waals surface area (Å²) in [5.74, 6) is 0.363. The molecule has 0 unspecified atom stereocenters. The van der Waals surface area contributed by atoms with Gasteiger partial charge in [-0.3, -0.25) is 0 Å². The zero-order valence-corrected chi connectivity index (χ0v) is 12.8. The zero-order chi connectivity index (χ0) is 14.8. The molecule has 0 atom stereocenters. The number of hydrogen-bond acceptors (Lipinski definition) is 3. The van der Waals surface area contributed by atoms with Crippen LogP contribution in [-0.4, -0.2) is 15.0 Å². The third-order valence-electron chi connectivity index (χ3n) is 4.27. The predicted molar refractivity (Wildman–Crippen MR) is 81.6 cm³/mol. The van der Waals surface area contributed by atoms with E-state index in [1.807, 2.05) is 29.8 Å². The highest BCUT2D eigenvalue weighted by atomic mass is 35.5.